The van der Waals surface area contributed by atoms with Crippen molar-refractivity contribution in [3.05, 3.63) is 30.3 Å². The number of alkyl carbamates (subject to hydrolysis) is 1. The Labute approximate surface area is 269 Å². The largest absolute Gasteiger partial charge is 0.444 e. The molecule has 3 atom stereocenters. The molecule has 1 saturated heterocycles. The van der Waals surface area contributed by atoms with Crippen molar-refractivity contribution in [2.24, 2.45) is 11.3 Å². The average Bonchev–Trinajstić information content (AvgIpc) is 3.43. The van der Waals surface area contributed by atoms with E-state index in [0.717, 1.165) is 0 Å². The Morgan fingerprint density at radius 1 is 0.933 bits per heavy atom. The highest BCUT2D eigenvalue weighted by atomic mass is 16.6. The first kappa shape index (κ1) is 39.5. The van der Waals surface area contributed by atoms with Crippen LogP contribution in [-0.2, 0) is 28.7 Å². The van der Waals surface area contributed by atoms with Gasteiger partial charge in [-0.15, -0.1) is 0 Å². The van der Waals surface area contributed by atoms with E-state index in [1.165, 1.54) is 11.3 Å². The summed E-state index contributed by atoms with van der Waals surface area (Å²) >= 11 is 0. The molecule has 0 aromatic heterocycles. The van der Waals surface area contributed by atoms with E-state index in [0.29, 0.717) is 37.9 Å². The van der Waals surface area contributed by atoms with Crippen LogP contribution in [0, 0.1) is 11.3 Å². The number of likely N-dealkylation sites (tertiary alicyclic amines) is 1. The number of nitrogens with zero attached hydrogens (tertiary/aromatic N) is 1. The van der Waals surface area contributed by atoms with Crippen molar-refractivity contribution in [1.82, 2.24) is 10.2 Å². The monoisotopic (exact) mass is 629 g/mol. The van der Waals surface area contributed by atoms with Gasteiger partial charge in [-0.25, -0.2) is 4.79 Å². The third-order valence-corrected chi connectivity index (χ3v) is 7.05. The second kappa shape index (κ2) is 18.4. The van der Waals surface area contributed by atoms with E-state index in [1.54, 1.807) is 45.0 Å². The van der Waals surface area contributed by atoms with Gasteiger partial charge >= 0.3 is 6.09 Å². The van der Waals surface area contributed by atoms with Crippen LogP contribution in [-0.4, -0.2) is 64.4 Å². The van der Waals surface area contributed by atoms with E-state index >= 15 is 0 Å². The lowest BCUT2D eigenvalue weighted by molar-refractivity contribution is -0.143. The number of ketones is 3. The molecule has 1 aliphatic heterocycles. The van der Waals surface area contributed by atoms with E-state index in [2.05, 4.69) is 24.5 Å². The summed E-state index contributed by atoms with van der Waals surface area (Å²) in [4.78, 5) is 79.2. The van der Waals surface area contributed by atoms with Crippen LogP contribution < -0.4 is 10.6 Å². The van der Waals surface area contributed by atoms with Crippen LogP contribution in [0.5, 0.6) is 0 Å². The molecule has 0 saturated carbocycles. The van der Waals surface area contributed by atoms with Crippen LogP contribution in [0.15, 0.2) is 30.3 Å². The first-order valence-corrected chi connectivity index (χ1v) is 16.2. The first-order chi connectivity index (χ1) is 20.9. The van der Waals surface area contributed by atoms with Crippen LogP contribution in [0.2, 0.25) is 0 Å². The number of carbonyl (C=O) groups is 6. The van der Waals surface area contributed by atoms with Crippen molar-refractivity contribution < 1.29 is 33.5 Å². The van der Waals surface area contributed by atoms with Crippen molar-refractivity contribution in [1.29, 1.82) is 0 Å². The maximum absolute atomic E-state index is 13.7. The second-order valence-electron chi connectivity index (χ2n) is 13.7. The normalized spacial score (nSPS) is 16.0. The molecule has 0 bridgehead atoms. The number of carbonyl (C=O) groups excluding carboxylic acids is 6. The molecule has 1 aromatic rings. The Balaban J connectivity index is 0.00000324. The number of Topliss-reactive ketones (excluding diaryl/α,β-unsaturated/α-hetero) is 3. The maximum Gasteiger partial charge on any atom is 0.408 e. The first-order valence-electron chi connectivity index (χ1n) is 16.2. The van der Waals surface area contributed by atoms with Crippen LogP contribution in [0.3, 0.4) is 0 Å². The summed E-state index contributed by atoms with van der Waals surface area (Å²) in [6.07, 6.45) is 1.95. The SMILES string of the molecule is CCC.CCCC(CC(=O)[C@@H]1CCCN1C(=O)[C@@H](NC(=O)OC(C)(C)C)C(C)(C)C)C(=O)C(=O)CCC(=O)Nc1ccccc1. The summed E-state index contributed by atoms with van der Waals surface area (Å²) in [5, 5.41) is 5.38. The van der Waals surface area contributed by atoms with Gasteiger partial charge in [0.2, 0.25) is 17.6 Å². The lowest BCUT2D eigenvalue weighted by Gasteiger charge is -2.36. The molecule has 10 heteroatoms. The zero-order chi connectivity index (χ0) is 34.4. The summed E-state index contributed by atoms with van der Waals surface area (Å²) < 4.78 is 5.36. The number of hydrogen-bond acceptors (Lipinski definition) is 7. The van der Waals surface area contributed by atoms with Gasteiger partial charge < -0.3 is 20.3 Å². The average molecular weight is 630 g/mol. The minimum atomic E-state index is -0.933. The minimum absolute atomic E-state index is 0.143. The fourth-order valence-corrected chi connectivity index (χ4v) is 4.98. The Morgan fingerprint density at radius 3 is 2.07 bits per heavy atom. The molecule has 0 aliphatic carbocycles. The molecular weight excluding hydrogens is 574 g/mol. The maximum atomic E-state index is 13.7. The van der Waals surface area contributed by atoms with Gasteiger partial charge in [0.1, 0.15) is 11.6 Å². The molecule has 1 unspecified atom stereocenters. The molecule has 2 N–H and O–H groups in total. The summed E-state index contributed by atoms with van der Waals surface area (Å²) in [5.74, 6) is -3.21. The second-order valence-corrected chi connectivity index (χ2v) is 13.7. The number of nitrogens with one attached hydrogen (secondary N) is 2. The molecule has 252 valence electrons. The molecule has 1 fully saturated rings. The number of amides is 3. The van der Waals surface area contributed by atoms with E-state index in [1.807, 2.05) is 33.8 Å². The number of para-hydroxylation sites is 1. The third-order valence-electron chi connectivity index (χ3n) is 7.05. The Kier molecular flexibility index (Phi) is 16.2. The molecule has 2 rings (SSSR count). The van der Waals surface area contributed by atoms with Crippen LogP contribution in [0.4, 0.5) is 10.5 Å². The Hall–Kier alpha value is -3.56. The molecule has 1 heterocycles. The lowest BCUT2D eigenvalue weighted by Crippen LogP contribution is -2.57. The topological polar surface area (TPSA) is 139 Å². The molecule has 10 nitrogen and oxygen atoms in total. The predicted molar refractivity (Wildman–Crippen MR) is 176 cm³/mol. The minimum Gasteiger partial charge on any atom is -0.444 e. The van der Waals surface area contributed by atoms with Crippen molar-refractivity contribution in [2.75, 3.05) is 11.9 Å². The zero-order valence-corrected chi connectivity index (χ0v) is 28.8. The number of hydrogen-bond donors (Lipinski definition) is 2. The molecular formula is C35H55N3O7. The number of rotatable bonds is 13. The van der Waals surface area contributed by atoms with E-state index < -0.39 is 46.7 Å². The third kappa shape index (κ3) is 14.0. The van der Waals surface area contributed by atoms with Gasteiger partial charge in [0, 0.05) is 37.4 Å². The van der Waals surface area contributed by atoms with Crippen LogP contribution in [0.1, 0.15) is 114 Å². The van der Waals surface area contributed by atoms with Crippen molar-refractivity contribution in [3.63, 3.8) is 0 Å². The number of benzene rings is 1. The van der Waals surface area contributed by atoms with E-state index in [4.69, 9.17) is 4.74 Å². The van der Waals surface area contributed by atoms with Crippen molar-refractivity contribution in [3.8, 4) is 0 Å². The molecule has 0 spiro atoms. The lowest BCUT2D eigenvalue weighted by atomic mass is 9.85. The Morgan fingerprint density at radius 2 is 1.53 bits per heavy atom. The van der Waals surface area contributed by atoms with Gasteiger partial charge in [0.15, 0.2) is 11.6 Å². The highest BCUT2D eigenvalue weighted by Gasteiger charge is 2.43. The number of ether oxygens (including phenoxy) is 1. The predicted octanol–water partition coefficient (Wildman–Crippen LogP) is 6.27. The van der Waals surface area contributed by atoms with Gasteiger partial charge in [-0.1, -0.05) is 72.6 Å². The smallest absolute Gasteiger partial charge is 0.408 e. The number of anilines is 1. The van der Waals surface area contributed by atoms with E-state index in [-0.39, 0.29) is 36.9 Å². The van der Waals surface area contributed by atoms with Gasteiger partial charge in [0.05, 0.1) is 6.04 Å². The van der Waals surface area contributed by atoms with Crippen LogP contribution in [0.25, 0.3) is 0 Å². The fourth-order valence-electron chi connectivity index (χ4n) is 4.98. The van der Waals surface area contributed by atoms with Crippen molar-refractivity contribution >= 4 is 40.9 Å². The summed E-state index contributed by atoms with van der Waals surface area (Å²) in [6.45, 7) is 17.1. The van der Waals surface area contributed by atoms with Gasteiger partial charge in [-0.2, -0.15) is 0 Å². The molecule has 1 aromatic carbocycles. The van der Waals surface area contributed by atoms with E-state index in [9.17, 15) is 28.8 Å². The quantitative estimate of drug-likeness (QED) is 0.245. The zero-order valence-electron chi connectivity index (χ0n) is 28.8. The molecule has 0 radical (unpaired) electrons. The van der Waals surface area contributed by atoms with Gasteiger partial charge in [0.25, 0.3) is 0 Å². The standard InChI is InChI=1S/C32H47N3O7.C3H8/c1-8-13-21(27(39)24(36)17-18-26(38)33-22-14-10-9-11-15-22)20-25(37)23-16-12-19-35(23)29(40)28(31(2,3)4)34-30(41)42-32(5,6)7;1-3-2/h9-11,14-15,21,23,28H,8,12-13,16-20H2,1-7H3,(H,33,38)(H,34,41);3H2,1-2H3/t21?,23-,28+;/m0./s1. The summed E-state index contributed by atoms with van der Waals surface area (Å²) in [6, 6.07) is 7.13. The highest BCUT2D eigenvalue weighted by molar-refractivity contribution is 6.38. The summed E-state index contributed by atoms with van der Waals surface area (Å²) in [5.41, 5.74) is -0.808. The Bertz CT molecular complexity index is 1150. The molecule has 1 aliphatic rings. The molecule has 45 heavy (non-hydrogen) atoms. The molecule has 3 amide bonds. The van der Waals surface area contributed by atoms with Gasteiger partial charge in [-0.05, 0) is 57.6 Å². The van der Waals surface area contributed by atoms with Crippen LogP contribution >= 0.6 is 0 Å². The fraction of sp³-hybridized carbons (Fsp3) is 0.657. The highest BCUT2D eigenvalue weighted by Crippen LogP contribution is 2.28. The van der Waals surface area contributed by atoms with Crippen molar-refractivity contribution in [2.45, 2.75) is 131 Å². The summed E-state index contributed by atoms with van der Waals surface area (Å²) in [7, 11) is 0. The van der Waals surface area contributed by atoms with Gasteiger partial charge in [-0.3, -0.25) is 24.0 Å².